The molecule has 0 bridgehead atoms. The molecule has 1 aliphatic carbocycles. The van der Waals surface area contributed by atoms with Crippen LogP contribution in [0.3, 0.4) is 0 Å². The molecule has 1 aliphatic rings. The second-order valence-electron chi connectivity index (χ2n) is 1.99. The number of carboxylic acid groups (broad SMARTS) is 1. The molecule has 0 saturated heterocycles. The predicted octanol–water partition coefficient (Wildman–Crippen LogP) is 2.54. The molecule has 0 fully saturated rings. The molecule has 0 amide bonds. The van der Waals surface area contributed by atoms with Crippen LogP contribution in [0.4, 0.5) is 0 Å². The SMILES string of the molecule is CC.O=C(O)C1=CC=CCC=C1. The third kappa shape index (κ3) is 3.76. The summed E-state index contributed by atoms with van der Waals surface area (Å²) in [6.45, 7) is 4.00. The standard InChI is InChI=1S/C8H8O2.C2H6/c9-8(10)7-5-3-1-2-4-6-7;1-2/h1,3-6H,2H2,(H,9,10);1-2H3. The van der Waals surface area contributed by atoms with Gasteiger partial charge in [0.2, 0.25) is 0 Å². The Kier molecular flexibility index (Phi) is 5.70. The zero-order valence-corrected chi connectivity index (χ0v) is 7.45. The summed E-state index contributed by atoms with van der Waals surface area (Å²) in [5.41, 5.74) is 0.341. The summed E-state index contributed by atoms with van der Waals surface area (Å²) in [6.07, 6.45) is 9.50. The van der Waals surface area contributed by atoms with Gasteiger partial charge in [-0.1, -0.05) is 38.2 Å². The molecule has 0 spiro atoms. The minimum atomic E-state index is -0.872. The predicted molar refractivity (Wildman–Crippen MR) is 50.0 cm³/mol. The van der Waals surface area contributed by atoms with Crippen LogP contribution in [0.1, 0.15) is 20.3 Å². The maximum atomic E-state index is 10.4. The number of rotatable bonds is 1. The van der Waals surface area contributed by atoms with Gasteiger partial charge in [-0.3, -0.25) is 0 Å². The molecule has 1 N–H and O–H groups in total. The smallest absolute Gasteiger partial charge is 0.335 e. The van der Waals surface area contributed by atoms with Crippen molar-refractivity contribution >= 4 is 5.97 Å². The lowest BCUT2D eigenvalue weighted by Crippen LogP contribution is -1.95. The Morgan fingerprint density at radius 1 is 1.42 bits per heavy atom. The third-order valence-corrected chi connectivity index (χ3v) is 1.23. The first-order chi connectivity index (χ1) is 5.80. The van der Waals surface area contributed by atoms with E-state index >= 15 is 0 Å². The zero-order chi connectivity index (χ0) is 9.40. The lowest BCUT2D eigenvalue weighted by molar-refractivity contribution is -0.132. The lowest BCUT2D eigenvalue weighted by Gasteiger charge is -1.87. The van der Waals surface area contributed by atoms with E-state index < -0.39 is 5.97 Å². The number of allylic oxidation sites excluding steroid dienone is 4. The second kappa shape index (κ2) is 6.40. The van der Waals surface area contributed by atoms with Gasteiger partial charge in [0, 0.05) is 0 Å². The fourth-order valence-corrected chi connectivity index (χ4v) is 0.722. The summed E-state index contributed by atoms with van der Waals surface area (Å²) in [6, 6.07) is 0. The lowest BCUT2D eigenvalue weighted by atomic mass is 10.2. The van der Waals surface area contributed by atoms with E-state index in [1.807, 2.05) is 26.0 Å². The summed E-state index contributed by atoms with van der Waals surface area (Å²) in [4.78, 5) is 10.4. The monoisotopic (exact) mass is 166 g/mol. The molecule has 0 radical (unpaired) electrons. The van der Waals surface area contributed by atoms with Gasteiger partial charge in [-0.2, -0.15) is 0 Å². The zero-order valence-electron chi connectivity index (χ0n) is 7.45. The topological polar surface area (TPSA) is 37.3 Å². The van der Waals surface area contributed by atoms with Crippen LogP contribution in [0.25, 0.3) is 0 Å². The van der Waals surface area contributed by atoms with E-state index in [-0.39, 0.29) is 0 Å². The fourth-order valence-electron chi connectivity index (χ4n) is 0.722. The highest BCUT2D eigenvalue weighted by atomic mass is 16.4. The maximum absolute atomic E-state index is 10.4. The largest absolute Gasteiger partial charge is 0.478 e. The molecule has 12 heavy (non-hydrogen) atoms. The van der Waals surface area contributed by atoms with Crippen LogP contribution < -0.4 is 0 Å². The summed E-state index contributed by atoms with van der Waals surface area (Å²) in [5.74, 6) is -0.872. The highest BCUT2D eigenvalue weighted by Gasteiger charge is 2.00. The molecular weight excluding hydrogens is 152 g/mol. The molecule has 0 aromatic rings. The molecule has 1 rings (SSSR count). The van der Waals surface area contributed by atoms with Crippen molar-refractivity contribution in [1.29, 1.82) is 0 Å². The molecular formula is C10H14O2. The minimum Gasteiger partial charge on any atom is -0.478 e. The van der Waals surface area contributed by atoms with E-state index in [1.165, 1.54) is 0 Å². The summed E-state index contributed by atoms with van der Waals surface area (Å²) < 4.78 is 0. The van der Waals surface area contributed by atoms with Crippen molar-refractivity contribution in [3.05, 3.63) is 36.0 Å². The van der Waals surface area contributed by atoms with E-state index in [0.29, 0.717) is 5.57 Å². The average Bonchev–Trinajstić information content (AvgIpc) is 2.35. The van der Waals surface area contributed by atoms with E-state index in [2.05, 4.69) is 0 Å². The first kappa shape index (κ1) is 10.7. The number of hydrogen-bond donors (Lipinski definition) is 1. The van der Waals surface area contributed by atoms with Crippen LogP contribution in [0, 0.1) is 0 Å². The first-order valence-electron chi connectivity index (χ1n) is 4.07. The fraction of sp³-hybridized carbons (Fsp3) is 0.300. The number of aliphatic carboxylic acids is 1. The van der Waals surface area contributed by atoms with Gasteiger partial charge >= 0.3 is 5.97 Å². The summed E-state index contributed by atoms with van der Waals surface area (Å²) in [5, 5.41) is 8.51. The van der Waals surface area contributed by atoms with Gasteiger partial charge in [0.15, 0.2) is 0 Å². The van der Waals surface area contributed by atoms with Gasteiger partial charge in [-0.25, -0.2) is 4.79 Å². The molecule has 0 aromatic heterocycles. The van der Waals surface area contributed by atoms with Crippen LogP contribution in [0.2, 0.25) is 0 Å². The van der Waals surface area contributed by atoms with Crippen molar-refractivity contribution in [1.82, 2.24) is 0 Å². The molecule has 0 heterocycles. The molecule has 0 aromatic carbocycles. The highest BCUT2D eigenvalue weighted by Crippen LogP contribution is 2.03. The van der Waals surface area contributed by atoms with E-state index in [0.717, 1.165) is 6.42 Å². The molecule has 2 nitrogen and oxygen atoms in total. The van der Waals surface area contributed by atoms with Crippen LogP contribution in [0.5, 0.6) is 0 Å². The minimum absolute atomic E-state index is 0.341. The van der Waals surface area contributed by atoms with Gasteiger partial charge in [0.25, 0.3) is 0 Å². The molecule has 2 heteroatoms. The van der Waals surface area contributed by atoms with Crippen LogP contribution in [0.15, 0.2) is 36.0 Å². The molecule has 66 valence electrons. The third-order valence-electron chi connectivity index (χ3n) is 1.23. The van der Waals surface area contributed by atoms with Crippen LogP contribution in [-0.2, 0) is 4.79 Å². The van der Waals surface area contributed by atoms with Crippen molar-refractivity contribution < 1.29 is 9.90 Å². The quantitative estimate of drug-likeness (QED) is 0.650. The van der Waals surface area contributed by atoms with Crippen LogP contribution in [-0.4, -0.2) is 11.1 Å². The van der Waals surface area contributed by atoms with Gasteiger partial charge in [0.1, 0.15) is 0 Å². The van der Waals surface area contributed by atoms with Gasteiger partial charge in [-0.15, -0.1) is 0 Å². The van der Waals surface area contributed by atoms with E-state index in [4.69, 9.17) is 5.11 Å². The second-order valence-corrected chi connectivity index (χ2v) is 1.99. The van der Waals surface area contributed by atoms with Crippen molar-refractivity contribution in [2.45, 2.75) is 20.3 Å². The van der Waals surface area contributed by atoms with E-state index in [9.17, 15) is 4.79 Å². The maximum Gasteiger partial charge on any atom is 0.335 e. The van der Waals surface area contributed by atoms with Crippen molar-refractivity contribution in [2.24, 2.45) is 0 Å². The first-order valence-corrected chi connectivity index (χ1v) is 4.07. The Morgan fingerprint density at radius 2 is 2.08 bits per heavy atom. The van der Waals surface area contributed by atoms with Gasteiger partial charge in [0.05, 0.1) is 5.57 Å². The van der Waals surface area contributed by atoms with E-state index in [1.54, 1.807) is 18.2 Å². The highest BCUT2D eigenvalue weighted by molar-refractivity contribution is 5.90. The Balaban J connectivity index is 0.000000561. The Morgan fingerprint density at radius 3 is 2.67 bits per heavy atom. The van der Waals surface area contributed by atoms with Crippen molar-refractivity contribution in [3.8, 4) is 0 Å². The number of carbonyl (C=O) groups is 1. The Bertz CT molecular complexity index is 222. The molecule has 0 unspecified atom stereocenters. The average molecular weight is 166 g/mol. The van der Waals surface area contributed by atoms with Crippen molar-refractivity contribution in [3.63, 3.8) is 0 Å². The summed E-state index contributed by atoms with van der Waals surface area (Å²) >= 11 is 0. The number of hydrogen-bond acceptors (Lipinski definition) is 1. The molecule has 0 atom stereocenters. The van der Waals surface area contributed by atoms with Crippen molar-refractivity contribution in [2.75, 3.05) is 0 Å². The number of carboxylic acids is 1. The summed E-state index contributed by atoms with van der Waals surface area (Å²) in [7, 11) is 0. The molecule has 0 aliphatic heterocycles. The van der Waals surface area contributed by atoms with Gasteiger partial charge in [-0.05, 0) is 12.5 Å². The Labute approximate surface area is 72.9 Å². The van der Waals surface area contributed by atoms with Gasteiger partial charge < -0.3 is 5.11 Å². The molecule has 0 saturated carbocycles. The Hall–Kier alpha value is -1.31. The van der Waals surface area contributed by atoms with Crippen LogP contribution >= 0.6 is 0 Å². The normalized spacial score (nSPS) is 14.0.